The van der Waals surface area contributed by atoms with Crippen molar-refractivity contribution in [1.29, 1.82) is 0 Å². The van der Waals surface area contributed by atoms with Crippen molar-refractivity contribution in [3.63, 3.8) is 0 Å². The summed E-state index contributed by atoms with van der Waals surface area (Å²) < 4.78 is 5.20. The van der Waals surface area contributed by atoms with Crippen molar-refractivity contribution < 1.29 is 4.74 Å². The third-order valence-corrected chi connectivity index (χ3v) is 3.72. The number of methoxy groups -OCH3 is 1. The fourth-order valence-electron chi connectivity index (χ4n) is 2.35. The van der Waals surface area contributed by atoms with E-state index in [9.17, 15) is 0 Å². The number of nitrogens with zero attached hydrogens (tertiary/aromatic N) is 1. The molecule has 1 aromatic rings. The van der Waals surface area contributed by atoms with Crippen LogP contribution in [0.1, 0.15) is 24.0 Å². The number of ether oxygens (including phenoxy) is 1. The fourth-order valence-corrected chi connectivity index (χ4v) is 2.35. The van der Waals surface area contributed by atoms with Gasteiger partial charge in [-0.05, 0) is 44.0 Å². The number of hydrogen-bond donors (Lipinski definition) is 1. The highest BCUT2D eigenvalue weighted by atomic mass is 16.5. The lowest BCUT2D eigenvalue weighted by molar-refractivity contribution is 0.139. The molecule has 0 spiro atoms. The molecular formula is C16H26N2O. The molecule has 0 bridgehead atoms. The Morgan fingerprint density at radius 2 is 1.89 bits per heavy atom. The number of hydrogen-bond acceptors (Lipinski definition) is 3. The average molecular weight is 262 g/mol. The van der Waals surface area contributed by atoms with Crippen molar-refractivity contribution in [2.24, 2.45) is 0 Å². The highest BCUT2D eigenvalue weighted by molar-refractivity contribution is 5.23. The quantitative estimate of drug-likeness (QED) is 0.737. The van der Waals surface area contributed by atoms with E-state index in [4.69, 9.17) is 4.74 Å². The predicted molar refractivity (Wildman–Crippen MR) is 79.4 cm³/mol. The molecule has 0 atom stereocenters. The Bertz CT molecular complexity index is 360. The smallest absolute Gasteiger partial charge is 0.0589 e. The SMILES string of the molecule is CNCCc1ccc(CN(CCOC)C2CC2)cc1. The van der Waals surface area contributed by atoms with Gasteiger partial charge in [-0.25, -0.2) is 0 Å². The maximum atomic E-state index is 5.20. The lowest BCUT2D eigenvalue weighted by Crippen LogP contribution is -2.29. The molecule has 1 aromatic carbocycles. The van der Waals surface area contributed by atoms with Crippen LogP contribution in [-0.4, -0.2) is 44.8 Å². The lowest BCUT2D eigenvalue weighted by atomic mass is 10.1. The Balaban J connectivity index is 1.86. The molecule has 1 aliphatic carbocycles. The van der Waals surface area contributed by atoms with Crippen LogP contribution >= 0.6 is 0 Å². The summed E-state index contributed by atoms with van der Waals surface area (Å²) in [5, 5.41) is 3.19. The van der Waals surface area contributed by atoms with Gasteiger partial charge >= 0.3 is 0 Å². The maximum absolute atomic E-state index is 5.20. The number of benzene rings is 1. The second kappa shape index (κ2) is 7.63. The van der Waals surface area contributed by atoms with Crippen molar-refractivity contribution in [2.75, 3.05) is 33.9 Å². The Morgan fingerprint density at radius 3 is 2.47 bits per heavy atom. The molecule has 0 saturated heterocycles. The van der Waals surface area contributed by atoms with Gasteiger partial charge in [-0.15, -0.1) is 0 Å². The third kappa shape index (κ3) is 4.94. The van der Waals surface area contributed by atoms with E-state index in [1.54, 1.807) is 7.11 Å². The van der Waals surface area contributed by atoms with Crippen LogP contribution in [0.25, 0.3) is 0 Å². The van der Waals surface area contributed by atoms with Crippen LogP contribution in [0.4, 0.5) is 0 Å². The van der Waals surface area contributed by atoms with Crippen molar-refractivity contribution in [3.05, 3.63) is 35.4 Å². The molecule has 3 nitrogen and oxygen atoms in total. The fraction of sp³-hybridized carbons (Fsp3) is 0.625. The Kier molecular flexibility index (Phi) is 5.83. The van der Waals surface area contributed by atoms with E-state index in [0.717, 1.165) is 38.7 Å². The van der Waals surface area contributed by atoms with E-state index in [0.29, 0.717) is 0 Å². The Morgan fingerprint density at radius 1 is 1.21 bits per heavy atom. The lowest BCUT2D eigenvalue weighted by Gasteiger charge is -2.21. The van der Waals surface area contributed by atoms with Gasteiger partial charge < -0.3 is 10.1 Å². The van der Waals surface area contributed by atoms with E-state index >= 15 is 0 Å². The predicted octanol–water partition coefficient (Wildman–Crippen LogP) is 2.06. The van der Waals surface area contributed by atoms with Gasteiger partial charge in [0.1, 0.15) is 0 Å². The zero-order chi connectivity index (χ0) is 13.5. The van der Waals surface area contributed by atoms with Gasteiger partial charge in [-0.1, -0.05) is 24.3 Å². The zero-order valence-electron chi connectivity index (χ0n) is 12.2. The summed E-state index contributed by atoms with van der Waals surface area (Å²) in [7, 11) is 3.78. The van der Waals surface area contributed by atoms with E-state index in [1.807, 2.05) is 7.05 Å². The normalized spacial score (nSPS) is 15.1. The molecule has 0 aromatic heterocycles. The molecule has 1 N–H and O–H groups in total. The van der Waals surface area contributed by atoms with Gasteiger partial charge in [0.2, 0.25) is 0 Å². The number of likely N-dealkylation sites (N-methyl/N-ethyl adjacent to an activating group) is 1. The summed E-state index contributed by atoms with van der Waals surface area (Å²) in [6.07, 6.45) is 3.81. The van der Waals surface area contributed by atoms with Crippen molar-refractivity contribution >= 4 is 0 Å². The van der Waals surface area contributed by atoms with E-state index in [2.05, 4.69) is 34.5 Å². The average Bonchev–Trinajstić information content (AvgIpc) is 3.27. The molecule has 1 saturated carbocycles. The zero-order valence-corrected chi connectivity index (χ0v) is 12.2. The summed E-state index contributed by atoms with van der Waals surface area (Å²) in [5.41, 5.74) is 2.82. The van der Waals surface area contributed by atoms with Crippen LogP contribution in [0.5, 0.6) is 0 Å². The molecule has 106 valence electrons. The molecule has 0 amide bonds. The molecule has 1 fully saturated rings. The minimum Gasteiger partial charge on any atom is -0.383 e. The summed E-state index contributed by atoms with van der Waals surface area (Å²) >= 11 is 0. The molecule has 3 heteroatoms. The van der Waals surface area contributed by atoms with Gasteiger partial charge in [0, 0.05) is 26.2 Å². The first-order chi connectivity index (χ1) is 9.33. The van der Waals surface area contributed by atoms with Gasteiger partial charge in [0.25, 0.3) is 0 Å². The molecule has 2 rings (SSSR count). The molecule has 1 aliphatic rings. The summed E-state index contributed by atoms with van der Waals surface area (Å²) in [6, 6.07) is 9.85. The molecular weight excluding hydrogens is 236 g/mol. The topological polar surface area (TPSA) is 24.5 Å². The van der Waals surface area contributed by atoms with Crippen LogP contribution in [0, 0.1) is 0 Å². The van der Waals surface area contributed by atoms with Crippen LogP contribution in [-0.2, 0) is 17.7 Å². The highest BCUT2D eigenvalue weighted by Crippen LogP contribution is 2.28. The van der Waals surface area contributed by atoms with Gasteiger partial charge in [-0.2, -0.15) is 0 Å². The Labute approximate surface area is 116 Å². The summed E-state index contributed by atoms with van der Waals surface area (Å²) in [6.45, 7) is 3.97. The molecule has 19 heavy (non-hydrogen) atoms. The first-order valence-electron chi connectivity index (χ1n) is 7.29. The first-order valence-corrected chi connectivity index (χ1v) is 7.29. The van der Waals surface area contributed by atoms with Gasteiger partial charge in [0.05, 0.1) is 6.61 Å². The van der Waals surface area contributed by atoms with E-state index < -0.39 is 0 Å². The second-order valence-electron chi connectivity index (χ2n) is 5.36. The standard InChI is InChI=1S/C16H26N2O/c1-17-10-9-14-3-5-15(6-4-14)13-18(11-12-19-2)16-7-8-16/h3-6,16-17H,7-13H2,1-2H3. The van der Waals surface area contributed by atoms with Crippen LogP contribution in [0.2, 0.25) is 0 Å². The summed E-state index contributed by atoms with van der Waals surface area (Å²) in [4.78, 5) is 2.55. The largest absolute Gasteiger partial charge is 0.383 e. The third-order valence-electron chi connectivity index (χ3n) is 3.72. The Hall–Kier alpha value is -0.900. The highest BCUT2D eigenvalue weighted by Gasteiger charge is 2.28. The number of nitrogens with one attached hydrogen (secondary N) is 1. The van der Waals surface area contributed by atoms with E-state index in [1.165, 1.54) is 24.0 Å². The maximum Gasteiger partial charge on any atom is 0.0589 e. The van der Waals surface area contributed by atoms with Crippen LogP contribution < -0.4 is 5.32 Å². The molecule has 0 unspecified atom stereocenters. The van der Waals surface area contributed by atoms with Crippen molar-refractivity contribution in [3.8, 4) is 0 Å². The first kappa shape index (κ1) is 14.5. The van der Waals surface area contributed by atoms with Crippen LogP contribution in [0.15, 0.2) is 24.3 Å². The van der Waals surface area contributed by atoms with Crippen molar-refractivity contribution in [2.45, 2.75) is 31.8 Å². The van der Waals surface area contributed by atoms with Gasteiger partial charge in [-0.3, -0.25) is 4.90 Å². The van der Waals surface area contributed by atoms with E-state index in [-0.39, 0.29) is 0 Å². The summed E-state index contributed by atoms with van der Waals surface area (Å²) in [5.74, 6) is 0. The van der Waals surface area contributed by atoms with Gasteiger partial charge in [0.15, 0.2) is 0 Å². The monoisotopic (exact) mass is 262 g/mol. The molecule has 0 heterocycles. The minimum absolute atomic E-state index is 0.791. The van der Waals surface area contributed by atoms with Crippen LogP contribution in [0.3, 0.4) is 0 Å². The minimum atomic E-state index is 0.791. The number of rotatable bonds is 9. The molecule has 0 aliphatic heterocycles. The second-order valence-corrected chi connectivity index (χ2v) is 5.36. The molecule has 0 radical (unpaired) electrons. The van der Waals surface area contributed by atoms with Crippen molar-refractivity contribution in [1.82, 2.24) is 10.2 Å².